The van der Waals surface area contributed by atoms with Gasteiger partial charge < -0.3 is 9.53 Å². The van der Waals surface area contributed by atoms with Gasteiger partial charge in [0.25, 0.3) is 0 Å². The summed E-state index contributed by atoms with van der Waals surface area (Å²) in [5, 5.41) is 0. The molecule has 0 bridgehead atoms. The molecule has 0 spiro atoms. The molecule has 0 aromatic heterocycles. The molecular formula is C14H9FO2. The summed E-state index contributed by atoms with van der Waals surface area (Å²) in [5.74, 6) is 0.0359. The van der Waals surface area contributed by atoms with Gasteiger partial charge in [0.05, 0.1) is 5.92 Å². The number of rotatable bonds is 1. The quantitative estimate of drug-likeness (QED) is 0.700. The number of ether oxygens (including phenoxy) is 1. The van der Waals surface area contributed by atoms with Gasteiger partial charge in [0, 0.05) is 11.1 Å². The maximum Gasteiger partial charge on any atom is 0.134 e. The Morgan fingerprint density at radius 2 is 1.82 bits per heavy atom. The number of benzene rings is 2. The van der Waals surface area contributed by atoms with Gasteiger partial charge in [-0.05, 0) is 18.2 Å². The van der Waals surface area contributed by atoms with Gasteiger partial charge in [-0.15, -0.1) is 0 Å². The monoisotopic (exact) mass is 228 g/mol. The third kappa shape index (κ3) is 1.43. The minimum Gasteiger partial charge on any atom is -0.457 e. The van der Waals surface area contributed by atoms with E-state index in [1.54, 1.807) is 24.3 Å². The molecule has 0 fully saturated rings. The van der Waals surface area contributed by atoms with E-state index in [2.05, 4.69) is 0 Å². The maximum atomic E-state index is 13.8. The first-order valence-corrected chi connectivity index (χ1v) is 5.31. The van der Waals surface area contributed by atoms with Crippen molar-refractivity contribution < 1.29 is 13.9 Å². The fourth-order valence-corrected chi connectivity index (χ4v) is 2.15. The number of carbonyl (C=O) groups excluding carboxylic acids is 1. The van der Waals surface area contributed by atoms with Crippen LogP contribution in [0.25, 0.3) is 0 Å². The molecule has 1 heterocycles. The van der Waals surface area contributed by atoms with E-state index in [1.807, 2.05) is 12.1 Å². The summed E-state index contributed by atoms with van der Waals surface area (Å²) >= 11 is 0. The molecule has 2 nitrogen and oxygen atoms in total. The normalized spacial score (nSPS) is 16.6. The fraction of sp³-hybridized carbons (Fsp3) is 0.0714. The van der Waals surface area contributed by atoms with Crippen molar-refractivity contribution >= 4 is 6.29 Å². The SMILES string of the molecule is O=CC1c2ccccc2Oc2cccc(F)c21. The molecule has 0 radical (unpaired) electrons. The smallest absolute Gasteiger partial charge is 0.134 e. The van der Waals surface area contributed by atoms with Gasteiger partial charge in [-0.2, -0.15) is 0 Å². The Morgan fingerprint density at radius 1 is 1.06 bits per heavy atom. The van der Waals surface area contributed by atoms with E-state index in [1.165, 1.54) is 6.07 Å². The van der Waals surface area contributed by atoms with Gasteiger partial charge >= 0.3 is 0 Å². The van der Waals surface area contributed by atoms with Crippen molar-refractivity contribution in [3.8, 4) is 11.5 Å². The van der Waals surface area contributed by atoms with Crippen molar-refractivity contribution in [1.29, 1.82) is 0 Å². The molecule has 0 amide bonds. The summed E-state index contributed by atoms with van der Waals surface area (Å²) in [4.78, 5) is 11.2. The molecule has 0 saturated carbocycles. The third-order valence-corrected chi connectivity index (χ3v) is 2.93. The maximum absolute atomic E-state index is 13.8. The van der Waals surface area contributed by atoms with Gasteiger partial charge in [-0.3, -0.25) is 0 Å². The average molecular weight is 228 g/mol. The van der Waals surface area contributed by atoms with Crippen LogP contribution in [0, 0.1) is 5.82 Å². The zero-order valence-electron chi connectivity index (χ0n) is 8.89. The van der Waals surface area contributed by atoms with Crippen LogP contribution in [0.4, 0.5) is 4.39 Å². The van der Waals surface area contributed by atoms with Crippen LogP contribution in [-0.4, -0.2) is 6.29 Å². The fourth-order valence-electron chi connectivity index (χ4n) is 2.15. The summed E-state index contributed by atoms with van der Waals surface area (Å²) in [6.45, 7) is 0. The van der Waals surface area contributed by atoms with E-state index in [0.717, 1.165) is 6.29 Å². The molecule has 84 valence electrons. The summed E-state index contributed by atoms with van der Waals surface area (Å²) < 4.78 is 19.4. The van der Waals surface area contributed by atoms with E-state index in [4.69, 9.17) is 4.74 Å². The molecule has 1 unspecified atom stereocenters. The van der Waals surface area contributed by atoms with Crippen molar-refractivity contribution in [3.63, 3.8) is 0 Å². The minimum atomic E-state index is -0.587. The standard InChI is InChI=1S/C14H9FO2/c15-11-5-3-7-13-14(11)10(8-16)9-4-1-2-6-12(9)17-13/h1-8,10H. The highest BCUT2D eigenvalue weighted by Crippen LogP contribution is 2.43. The first-order chi connectivity index (χ1) is 8.31. The zero-order valence-corrected chi connectivity index (χ0v) is 8.89. The van der Waals surface area contributed by atoms with E-state index >= 15 is 0 Å². The molecule has 0 N–H and O–H groups in total. The number of para-hydroxylation sites is 1. The second kappa shape index (κ2) is 3.70. The Bertz CT molecular complexity index is 593. The highest BCUT2D eigenvalue weighted by atomic mass is 19.1. The van der Waals surface area contributed by atoms with Gasteiger partial charge in [0.2, 0.25) is 0 Å². The first-order valence-electron chi connectivity index (χ1n) is 5.31. The number of fused-ring (bicyclic) bond motifs is 2. The summed E-state index contributed by atoms with van der Waals surface area (Å²) in [5.41, 5.74) is 1.03. The molecular weight excluding hydrogens is 219 g/mol. The lowest BCUT2D eigenvalue weighted by Gasteiger charge is -2.24. The topological polar surface area (TPSA) is 26.3 Å². The second-order valence-electron chi connectivity index (χ2n) is 3.91. The van der Waals surface area contributed by atoms with Crippen molar-refractivity contribution in [2.75, 3.05) is 0 Å². The van der Waals surface area contributed by atoms with Gasteiger partial charge in [0.1, 0.15) is 23.6 Å². The Kier molecular flexibility index (Phi) is 2.18. The Labute approximate surface area is 97.7 Å². The Morgan fingerprint density at radius 3 is 2.65 bits per heavy atom. The van der Waals surface area contributed by atoms with Crippen LogP contribution >= 0.6 is 0 Å². The lowest BCUT2D eigenvalue weighted by molar-refractivity contribution is -0.108. The van der Waals surface area contributed by atoms with Crippen LogP contribution in [0.1, 0.15) is 17.0 Å². The minimum absolute atomic E-state index is 0.321. The predicted molar refractivity (Wildman–Crippen MR) is 60.8 cm³/mol. The number of hydrogen-bond acceptors (Lipinski definition) is 2. The molecule has 2 aromatic rings. The zero-order chi connectivity index (χ0) is 11.8. The molecule has 1 aliphatic heterocycles. The van der Waals surface area contributed by atoms with E-state index in [9.17, 15) is 9.18 Å². The van der Waals surface area contributed by atoms with Crippen LogP contribution in [0.2, 0.25) is 0 Å². The summed E-state index contributed by atoms with van der Waals surface area (Å²) in [6.07, 6.45) is 0.753. The largest absolute Gasteiger partial charge is 0.457 e. The second-order valence-corrected chi connectivity index (χ2v) is 3.91. The first kappa shape index (κ1) is 10.0. The third-order valence-electron chi connectivity index (χ3n) is 2.93. The Balaban J connectivity index is 2.26. The van der Waals surface area contributed by atoms with Crippen LogP contribution < -0.4 is 4.74 Å². The lowest BCUT2D eigenvalue weighted by Crippen LogP contribution is -2.13. The molecule has 17 heavy (non-hydrogen) atoms. The molecule has 1 aliphatic rings. The number of aldehydes is 1. The summed E-state index contributed by atoms with van der Waals surface area (Å²) in [7, 11) is 0. The van der Waals surface area contributed by atoms with Crippen LogP contribution in [-0.2, 0) is 4.79 Å². The van der Waals surface area contributed by atoms with E-state index in [-0.39, 0.29) is 0 Å². The van der Waals surface area contributed by atoms with Gasteiger partial charge in [-0.25, -0.2) is 4.39 Å². The number of carbonyl (C=O) groups is 1. The van der Waals surface area contributed by atoms with E-state index < -0.39 is 11.7 Å². The van der Waals surface area contributed by atoms with Crippen molar-refractivity contribution in [2.24, 2.45) is 0 Å². The van der Waals surface area contributed by atoms with Crippen LogP contribution in [0.3, 0.4) is 0 Å². The van der Waals surface area contributed by atoms with Crippen LogP contribution in [0.15, 0.2) is 42.5 Å². The molecule has 3 rings (SSSR count). The highest BCUT2D eigenvalue weighted by molar-refractivity contribution is 5.74. The van der Waals surface area contributed by atoms with Crippen LogP contribution in [0.5, 0.6) is 11.5 Å². The molecule has 0 saturated heterocycles. The molecule has 3 heteroatoms. The highest BCUT2D eigenvalue weighted by Gasteiger charge is 2.29. The number of hydrogen-bond donors (Lipinski definition) is 0. The summed E-state index contributed by atoms with van der Waals surface area (Å²) in [6, 6.07) is 11.8. The molecule has 2 aromatic carbocycles. The van der Waals surface area contributed by atoms with Gasteiger partial charge in [-0.1, -0.05) is 24.3 Å². The predicted octanol–water partition coefficient (Wildman–Crippen LogP) is 3.26. The molecule has 0 aliphatic carbocycles. The van der Waals surface area contributed by atoms with E-state index in [0.29, 0.717) is 22.6 Å². The lowest BCUT2D eigenvalue weighted by atomic mass is 9.89. The molecule has 1 atom stereocenters. The Hall–Kier alpha value is -2.16. The van der Waals surface area contributed by atoms with Crippen molar-refractivity contribution in [3.05, 3.63) is 59.4 Å². The average Bonchev–Trinajstić information content (AvgIpc) is 2.36. The van der Waals surface area contributed by atoms with Crippen molar-refractivity contribution in [2.45, 2.75) is 5.92 Å². The number of halogens is 1. The van der Waals surface area contributed by atoms with Gasteiger partial charge in [0.15, 0.2) is 0 Å². The van der Waals surface area contributed by atoms with Crippen molar-refractivity contribution in [1.82, 2.24) is 0 Å².